The van der Waals surface area contributed by atoms with E-state index in [0.717, 1.165) is 18.6 Å². The average molecular weight is 201 g/mol. The van der Waals surface area contributed by atoms with Crippen LogP contribution in [0.4, 0.5) is 0 Å². The minimum Gasteiger partial charge on any atom is -0.384 e. The molecule has 2 unspecified atom stereocenters. The molecule has 15 heavy (non-hydrogen) atoms. The van der Waals surface area contributed by atoms with Crippen LogP contribution in [-0.4, -0.2) is 5.71 Å². The number of oxime groups is 1. The highest BCUT2D eigenvalue weighted by Crippen LogP contribution is 2.49. The van der Waals surface area contributed by atoms with Gasteiger partial charge < -0.3 is 4.84 Å². The van der Waals surface area contributed by atoms with Crippen molar-refractivity contribution in [2.45, 2.75) is 32.3 Å². The molecule has 0 fully saturated rings. The number of fused-ring (bicyclic) bond motifs is 2. The third-order valence-corrected chi connectivity index (χ3v) is 3.68. The molecule has 2 nitrogen and oxygen atoms in total. The first-order valence-corrected chi connectivity index (χ1v) is 5.52. The van der Waals surface area contributed by atoms with E-state index in [1.54, 1.807) is 0 Å². The fourth-order valence-electron chi connectivity index (χ4n) is 2.88. The van der Waals surface area contributed by atoms with E-state index in [2.05, 4.69) is 36.3 Å². The van der Waals surface area contributed by atoms with Crippen molar-refractivity contribution in [2.24, 2.45) is 11.1 Å². The molecule has 2 atom stereocenters. The lowest BCUT2D eigenvalue weighted by Gasteiger charge is -2.27. The lowest BCUT2D eigenvalue weighted by atomic mass is 9.84. The quantitative estimate of drug-likeness (QED) is 0.632. The predicted molar refractivity (Wildman–Crippen MR) is 59.8 cm³/mol. The molecular weight excluding hydrogens is 186 g/mol. The van der Waals surface area contributed by atoms with E-state index in [1.807, 2.05) is 6.92 Å². The maximum Gasteiger partial charge on any atom is 0.171 e. The summed E-state index contributed by atoms with van der Waals surface area (Å²) in [4.78, 5) is 5.74. The molecule has 1 aromatic rings. The second kappa shape index (κ2) is 2.84. The van der Waals surface area contributed by atoms with Crippen LogP contribution < -0.4 is 0 Å². The Kier molecular flexibility index (Phi) is 1.70. The first-order chi connectivity index (χ1) is 7.22. The third-order valence-electron chi connectivity index (χ3n) is 3.68. The Morgan fingerprint density at radius 1 is 1.40 bits per heavy atom. The maximum absolute atomic E-state index is 5.74. The van der Waals surface area contributed by atoms with Crippen molar-refractivity contribution in [1.29, 1.82) is 0 Å². The van der Waals surface area contributed by atoms with Crippen molar-refractivity contribution in [2.75, 3.05) is 0 Å². The topological polar surface area (TPSA) is 21.6 Å². The second-order valence-electron chi connectivity index (χ2n) is 4.75. The van der Waals surface area contributed by atoms with Crippen LogP contribution >= 0.6 is 0 Å². The van der Waals surface area contributed by atoms with E-state index >= 15 is 0 Å². The molecule has 2 aliphatic rings. The Bertz CT molecular complexity index is 438. The number of benzene rings is 1. The van der Waals surface area contributed by atoms with Crippen molar-refractivity contribution in [1.82, 2.24) is 0 Å². The third kappa shape index (κ3) is 1.08. The summed E-state index contributed by atoms with van der Waals surface area (Å²) in [6.45, 7) is 4.30. The van der Waals surface area contributed by atoms with Gasteiger partial charge in [-0.05, 0) is 18.9 Å². The van der Waals surface area contributed by atoms with Crippen LogP contribution in [0.1, 0.15) is 31.4 Å². The van der Waals surface area contributed by atoms with Gasteiger partial charge in [0, 0.05) is 17.9 Å². The molecule has 0 saturated heterocycles. The molecule has 3 rings (SSSR count). The van der Waals surface area contributed by atoms with Gasteiger partial charge in [0.1, 0.15) is 0 Å². The molecule has 0 N–H and O–H groups in total. The molecule has 0 amide bonds. The SMILES string of the molecule is CC1=NOC2(C1)c1ccccc1CC2C. The number of rotatable bonds is 0. The van der Waals surface area contributed by atoms with E-state index in [0.29, 0.717) is 5.92 Å². The zero-order valence-corrected chi connectivity index (χ0v) is 9.16. The summed E-state index contributed by atoms with van der Waals surface area (Å²) in [7, 11) is 0. The Labute approximate surface area is 89.9 Å². The normalized spacial score (nSPS) is 32.7. The van der Waals surface area contributed by atoms with Gasteiger partial charge in [-0.25, -0.2) is 0 Å². The summed E-state index contributed by atoms with van der Waals surface area (Å²) >= 11 is 0. The Hall–Kier alpha value is -1.31. The lowest BCUT2D eigenvalue weighted by molar-refractivity contribution is -0.0543. The van der Waals surface area contributed by atoms with Crippen LogP contribution in [0.25, 0.3) is 0 Å². The van der Waals surface area contributed by atoms with Gasteiger partial charge in [0.05, 0.1) is 5.71 Å². The Morgan fingerprint density at radius 2 is 2.20 bits per heavy atom. The largest absolute Gasteiger partial charge is 0.384 e. The summed E-state index contributed by atoms with van der Waals surface area (Å²) in [6, 6.07) is 8.59. The van der Waals surface area contributed by atoms with Crippen LogP contribution in [0.3, 0.4) is 0 Å². The van der Waals surface area contributed by atoms with Crippen molar-refractivity contribution < 1.29 is 4.84 Å². The molecule has 0 radical (unpaired) electrons. The molecule has 0 saturated carbocycles. The minimum absolute atomic E-state index is 0.152. The van der Waals surface area contributed by atoms with E-state index in [4.69, 9.17) is 4.84 Å². The van der Waals surface area contributed by atoms with Crippen LogP contribution in [0.15, 0.2) is 29.4 Å². The number of nitrogens with zero attached hydrogens (tertiary/aromatic N) is 1. The lowest BCUT2D eigenvalue weighted by Crippen LogP contribution is -2.29. The molecular formula is C13H15NO. The average Bonchev–Trinajstić information content (AvgIpc) is 2.73. The summed E-state index contributed by atoms with van der Waals surface area (Å²) < 4.78 is 0. The zero-order valence-electron chi connectivity index (χ0n) is 9.16. The van der Waals surface area contributed by atoms with E-state index in [1.165, 1.54) is 11.1 Å². The fraction of sp³-hybridized carbons (Fsp3) is 0.462. The highest BCUT2D eigenvalue weighted by molar-refractivity contribution is 5.84. The molecule has 1 heterocycles. The van der Waals surface area contributed by atoms with Crippen LogP contribution in [0, 0.1) is 5.92 Å². The molecule has 0 aromatic heterocycles. The summed E-state index contributed by atoms with van der Waals surface area (Å²) in [5.74, 6) is 0.524. The Morgan fingerprint density at radius 3 is 2.93 bits per heavy atom. The first-order valence-electron chi connectivity index (χ1n) is 5.52. The Balaban J connectivity index is 2.11. The van der Waals surface area contributed by atoms with E-state index < -0.39 is 0 Å². The van der Waals surface area contributed by atoms with Gasteiger partial charge in [0.25, 0.3) is 0 Å². The predicted octanol–water partition coefficient (Wildman–Crippen LogP) is 2.87. The minimum atomic E-state index is -0.152. The van der Waals surface area contributed by atoms with E-state index in [9.17, 15) is 0 Å². The van der Waals surface area contributed by atoms with Gasteiger partial charge >= 0.3 is 0 Å². The van der Waals surface area contributed by atoms with Crippen LogP contribution in [0.2, 0.25) is 0 Å². The molecule has 1 aliphatic heterocycles. The zero-order chi connectivity index (χ0) is 10.5. The van der Waals surface area contributed by atoms with Crippen molar-refractivity contribution >= 4 is 5.71 Å². The van der Waals surface area contributed by atoms with Gasteiger partial charge in [0.2, 0.25) is 0 Å². The van der Waals surface area contributed by atoms with Gasteiger partial charge in [-0.15, -0.1) is 0 Å². The second-order valence-corrected chi connectivity index (χ2v) is 4.75. The highest BCUT2D eigenvalue weighted by atomic mass is 16.7. The van der Waals surface area contributed by atoms with Gasteiger partial charge in [-0.1, -0.05) is 36.3 Å². The summed E-state index contributed by atoms with van der Waals surface area (Å²) in [5.41, 5.74) is 3.73. The smallest absolute Gasteiger partial charge is 0.171 e. The van der Waals surface area contributed by atoms with Crippen molar-refractivity contribution in [3.8, 4) is 0 Å². The molecule has 1 aromatic carbocycles. The standard InChI is InChI=1S/C13H15NO/c1-9-7-11-5-3-4-6-12(11)13(9)8-10(2)14-15-13/h3-6,9H,7-8H2,1-2H3. The van der Waals surface area contributed by atoms with Crippen molar-refractivity contribution in [3.63, 3.8) is 0 Å². The van der Waals surface area contributed by atoms with Crippen LogP contribution in [0.5, 0.6) is 0 Å². The molecule has 1 spiro atoms. The molecule has 1 aliphatic carbocycles. The number of hydrogen-bond acceptors (Lipinski definition) is 2. The van der Waals surface area contributed by atoms with E-state index in [-0.39, 0.29) is 5.60 Å². The number of hydrogen-bond donors (Lipinski definition) is 0. The van der Waals surface area contributed by atoms with Gasteiger partial charge in [-0.3, -0.25) is 0 Å². The molecule has 0 bridgehead atoms. The van der Waals surface area contributed by atoms with Gasteiger partial charge in [0.15, 0.2) is 5.60 Å². The summed E-state index contributed by atoms with van der Waals surface area (Å²) in [5, 5.41) is 4.14. The monoisotopic (exact) mass is 201 g/mol. The first kappa shape index (κ1) is 8.96. The molecule has 2 heteroatoms. The van der Waals surface area contributed by atoms with Crippen molar-refractivity contribution in [3.05, 3.63) is 35.4 Å². The summed E-state index contributed by atoms with van der Waals surface area (Å²) in [6.07, 6.45) is 2.06. The van der Waals surface area contributed by atoms with Crippen LogP contribution in [-0.2, 0) is 16.9 Å². The fourth-order valence-corrected chi connectivity index (χ4v) is 2.88. The van der Waals surface area contributed by atoms with Gasteiger partial charge in [-0.2, -0.15) is 0 Å². The maximum atomic E-state index is 5.74. The highest BCUT2D eigenvalue weighted by Gasteiger charge is 2.49. The molecule has 78 valence electrons.